The number of aromatic nitrogens is 1. The molecule has 4 nitrogen and oxygen atoms in total. The van der Waals surface area contributed by atoms with Gasteiger partial charge < -0.3 is 10.4 Å². The molecule has 0 bridgehead atoms. The number of nitrogens with one attached hydrogen (secondary N) is 1. The van der Waals surface area contributed by atoms with Crippen molar-refractivity contribution in [2.45, 2.75) is 13.0 Å². The number of carbonyl (C=O) groups excluding carboxylic acids is 1. The summed E-state index contributed by atoms with van der Waals surface area (Å²) in [5, 5.41) is 12.2. The Labute approximate surface area is 93.1 Å². The van der Waals surface area contributed by atoms with Crippen LogP contribution < -0.4 is 5.32 Å². The van der Waals surface area contributed by atoms with E-state index in [1.165, 1.54) is 18.5 Å². The topological polar surface area (TPSA) is 62.2 Å². The number of thioether (sulfide) groups is 1. The fraction of sp³-hybridized carbons (Fsp3) is 0.400. The molecule has 1 aromatic heterocycles. The molecule has 5 heteroatoms. The van der Waals surface area contributed by atoms with Gasteiger partial charge in [-0.2, -0.15) is 11.8 Å². The van der Waals surface area contributed by atoms with Crippen molar-refractivity contribution in [3.8, 4) is 5.75 Å². The lowest BCUT2D eigenvalue weighted by Crippen LogP contribution is -2.34. The molecule has 0 aliphatic carbocycles. The molecular formula is C10H14N2O2S. The standard InChI is InChI=1S/C10H14N2O2S/c1-7(6-15-2)12-10(14)8-3-4-11-5-9(8)13/h3-5,7,13H,6H2,1-2H3,(H,12,14). The lowest BCUT2D eigenvalue weighted by Gasteiger charge is -2.12. The molecule has 82 valence electrons. The number of carbonyl (C=O) groups is 1. The first kappa shape index (κ1) is 11.8. The Hall–Kier alpha value is -1.23. The SMILES string of the molecule is CSCC(C)NC(=O)c1ccncc1O. The van der Waals surface area contributed by atoms with Crippen LogP contribution >= 0.6 is 11.8 Å². The highest BCUT2D eigenvalue weighted by atomic mass is 32.2. The van der Waals surface area contributed by atoms with Crippen molar-refractivity contribution in [2.75, 3.05) is 12.0 Å². The number of hydrogen-bond donors (Lipinski definition) is 2. The van der Waals surface area contributed by atoms with Gasteiger partial charge in [-0.15, -0.1) is 0 Å². The van der Waals surface area contributed by atoms with Gasteiger partial charge in [0.25, 0.3) is 5.91 Å². The number of pyridine rings is 1. The van der Waals surface area contributed by atoms with Crippen molar-refractivity contribution in [3.63, 3.8) is 0 Å². The molecule has 1 atom stereocenters. The molecular weight excluding hydrogens is 212 g/mol. The van der Waals surface area contributed by atoms with Crippen molar-refractivity contribution in [1.29, 1.82) is 0 Å². The van der Waals surface area contributed by atoms with Crippen LogP contribution in [0.25, 0.3) is 0 Å². The summed E-state index contributed by atoms with van der Waals surface area (Å²) in [6.07, 6.45) is 4.72. The Kier molecular flexibility index (Phi) is 4.42. The average molecular weight is 226 g/mol. The highest BCUT2D eigenvalue weighted by Gasteiger charge is 2.12. The Bertz CT molecular complexity index is 344. The molecule has 0 fully saturated rings. The van der Waals surface area contributed by atoms with Gasteiger partial charge in [-0.1, -0.05) is 0 Å². The Morgan fingerprint density at radius 1 is 1.73 bits per heavy atom. The number of hydrogen-bond acceptors (Lipinski definition) is 4. The Balaban J connectivity index is 2.65. The van der Waals surface area contributed by atoms with E-state index in [1.54, 1.807) is 11.8 Å². The van der Waals surface area contributed by atoms with Crippen LogP contribution in [-0.2, 0) is 0 Å². The van der Waals surface area contributed by atoms with Gasteiger partial charge in [0.15, 0.2) is 0 Å². The first-order valence-corrected chi connectivity index (χ1v) is 5.97. The van der Waals surface area contributed by atoms with Crippen molar-refractivity contribution in [2.24, 2.45) is 0 Å². The largest absolute Gasteiger partial charge is 0.505 e. The molecule has 0 aliphatic rings. The first-order valence-electron chi connectivity index (χ1n) is 4.58. The van der Waals surface area contributed by atoms with Gasteiger partial charge in [-0.3, -0.25) is 9.78 Å². The fourth-order valence-electron chi connectivity index (χ4n) is 1.17. The highest BCUT2D eigenvalue weighted by molar-refractivity contribution is 7.98. The van der Waals surface area contributed by atoms with Crippen LogP contribution in [0.4, 0.5) is 0 Å². The van der Waals surface area contributed by atoms with Gasteiger partial charge in [0.1, 0.15) is 5.75 Å². The van der Waals surface area contributed by atoms with E-state index in [1.807, 2.05) is 13.2 Å². The van der Waals surface area contributed by atoms with E-state index < -0.39 is 0 Å². The second-order valence-electron chi connectivity index (χ2n) is 3.22. The molecule has 15 heavy (non-hydrogen) atoms. The van der Waals surface area contributed by atoms with Crippen LogP contribution in [0.15, 0.2) is 18.5 Å². The summed E-state index contributed by atoms with van der Waals surface area (Å²) < 4.78 is 0. The van der Waals surface area contributed by atoms with Crippen LogP contribution in [0, 0.1) is 0 Å². The lowest BCUT2D eigenvalue weighted by molar-refractivity contribution is 0.0941. The molecule has 2 N–H and O–H groups in total. The molecule has 0 saturated heterocycles. The zero-order valence-electron chi connectivity index (χ0n) is 8.73. The normalized spacial score (nSPS) is 12.1. The van der Waals surface area contributed by atoms with Crippen LogP contribution in [0.1, 0.15) is 17.3 Å². The molecule has 1 unspecified atom stereocenters. The Morgan fingerprint density at radius 2 is 2.47 bits per heavy atom. The summed E-state index contributed by atoms with van der Waals surface area (Å²) in [6, 6.07) is 1.58. The summed E-state index contributed by atoms with van der Waals surface area (Å²) >= 11 is 1.66. The van der Waals surface area contributed by atoms with Crippen molar-refractivity contribution in [3.05, 3.63) is 24.0 Å². The minimum atomic E-state index is -0.267. The number of aromatic hydroxyl groups is 1. The van der Waals surface area contributed by atoms with Gasteiger partial charge in [0.05, 0.1) is 11.8 Å². The van der Waals surface area contributed by atoms with E-state index >= 15 is 0 Å². The lowest BCUT2D eigenvalue weighted by atomic mass is 10.2. The van der Waals surface area contributed by atoms with Crippen molar-refractivity contribution in [1.82, 2.24) is 10.3 Å². The number of nitrogens with zero attached hydrogens (tertiary/aromatic N) is 1. The molecule has 0 aliphatic heterocycles. The summed E-state index contributed by atoms with van der Waals surface area (Å²) in [7, 11) is 0. The highest BCUT2D eigenvalue weighted by Crippen LogP contribution is 2.13. The molecule has 0 spiro atoms. The Morgan fingerprint density at radius 3 is 3.07 bits per heavy atom. The van der Waals surface area contributed by atoms with Crippen molar-refractivity contribution < 1.29 is 9.90 Å². The second kappa shape index (κ2) is 5.60. The van der Waals surface area contributed by atoms with E-state index in [9.17, 15) is 9.90 Å². The molecule has 0 saturated carbocycles. The molecule has 1 rings (SSSR count). The minimum Gasteiger partial charge on any atom is -0.505 e. The molecule has 1 aromatic rings. The third kappa shape index (κ3) is 3.43. The zero-order chi connectivity index (χ0) is 11.3. The molecule has 0 aromatic carbocycles. The summed E-state index contributed by atoms with van der Waals surface area (Å²) in [4.78, 5) is 15.4. The van der Waals surface area contributed by atoms with E-state index in [4.69, 9.17) is 0 Å². The van der Waals surface area contributed by atoms with E-state index in [0.29, 0.717) is 0 Å². The van der Waals surface area contributed by atoms with Gasteiger partial charge in [-0.25, -0.2) is 0 Å². The first-order chi connectivity index (χ1) is 7.15. The number of rotatable bonds is 4. The van der Waals surface area contributed by atoms with Crippen LogP contribution in [-0.4, -0.2) is 34.0 Å². The maximum absolute atomic E-state index is 11.6. The minimum absolute atomic E-state index is 0.0834. The third-order valence-corrected chi connectivity index (χ3v) is 2.67. The fourth-order valence-corrected chi connectivity index (χ4v) is 1.75. The van der Waals surface area contributed by atoms with Gasteiger partial charge in [0.2, 0.25) is 0 Å². The van der Waals surface area contributed by atoms with E-state index in [-0.39, 0.29) is 23.3 Å². The number of amides is 1. The average Bonchev–Trinajstić information content (AvgIpc) is 2.18. The predicted octanol–water partition coefficient (Wildman–Crippen LogP) is 1.27. The van der Waals surface area contributed by atoms with Gasteiger partial charge in [-0.05, 0) is 19.2 Å². The summed E-state index contributed by atoms with van der Waals surface area (Å²) in [5.74, 6) is 0.486. The molecule has 0 radical (unpaired) electrons. The maximum atomic E-state index is 11.6. The van der Waals surface area contributed by atoms with E-state index in [2.05, 4.69) is 10.3 Å². The smallest absolute Gasteiger partial charge is 0.255 e. The van der Waals surface area contributed by atoms with E-state index in [0.717, 1.165) is 5.75 Å². The summed E-state index contributed by atoms with van der Waals surface area (Å²) in [5.41, 5.74) is 0.262. The maximum Gasteiger partial charge on any atom is 0.255 e. The second-order valence-corrected chi connectivity index (χ2v) is 4.13. The van der Waals surface area contributed by atoms with Gasteiger partial charge in [0, 0.05) is 18.0 Å². The molecule has 1 amide bonds. The van der Waals surface area contributed by atoms with Crippen LogP contribution in [0.5, 0.6) is 5.75 Å². The third-order valence-electron chi connectivity index (χ3n) is 1.84. The van der Waals surface area contributed by atoms with Crippen LogP contribution in [0.3, 0.4) is 0 Å². The summed E-state index contributed by atoms with van der Waals surface area (Å²) in [6.45, 7) is 1.92. The van der Waals surface area contributed by atoms with Crippen LogP contribution in [0.2, 0.25) is 0 Å². The predicted molar refractivity (Wildman–Crippen MR) is 61.2 cm³/mol. The van der Waals surface area contributed by atoms with Crippen molar-refractivity contribution >= 4 is 17.7 Å². The quantitative estimate of drug-likeness (QED) is 0.811. The molecule has 1 heterocycles. The zero-order valence-corrected chi connectivity index (χ0v) is 9.54. The monoisotopic (exact) mass is 226 g/mol. The van der Waals surface area contributed by atoms with Gasteiger partial charge >= 0.3 is 0 Å².